The van der Waals surface area contributed by atoms with Crippen molar-refractivity contribution in [3.8, 4) is 0 Å². The summed E-state index contributed by atoms with van der Waals surface area (Å²) in [5.74, 6) is 1.81. The van der Waals surface area contributed by atoms with Gasteiger partial charge in [-0.2, -0.15) is 0 Å². The van der Waals surface area contributed by atoms with Crippen molar-refractivity contribution in [2.45, 2.75) is 19.3 Å². The van der Waals surface area contributed by atoms with Gasteiger partial charge in [-0.05, 0) is 12.3 Å². The highest BCUT2D eigenvalue weighted by Crippen LogP contribution is 2.34. The van der Waals surface area contributed by atoms with E-state index >= 15 is 0 Å². The molecule has 88 valence electrons. The van der Waals surface area contributed by atoms with Gasteiger partial charge in [0.05, 0.1) is 0 Å². The maximum Gasteiger partial charge on any atom is 0.157 e. The predicted octanol–water partition coefficient (Wildman–Crippen LogP) is 2.41. The van der Waals surface area contributed by atoms with E-state index in [1.54, 1.807) is 0 Å². The summed E-state index contributed by atoms with van der Waals surface area (Å²) < 4.78 is 0. The molecule has 0 aliphatic heterocycles. The monoisotopic (exact) mass is 240 g/mol. The number of aromatic nitrogens is 2. The molecule has 1 fully saturated rings. The van der Waals surface area contributed by atoms with Crippen LogP contribution in [0.5, 0.6) is 0 Å². The molecule has 0 amide bonds. The van der Waals surface area contributed by atoms with Gasteiger partial charge in [0.15, 0.2) is 11.0 Å². The van der Waals surface area contributed by atoms with E-state index in [9.17, 15) is 0 Å². The Morgan fingerprint density at radius 3 is 2.88 bits per heavy atom. The fraction of sp³-hybridized carbons (Fsp3) is 0.636. The summed E-state index contributed by atoms with van der Waals surface area (Å²) in [7, 11) is 3.88. The van der Waals surface area contributed by atoms with Crippen molar-refractivity contribution in [3.05, 3.63) is 11.5 Å². The van der Waals surface area contributed by atoms with E-state index in [2.05, 4.69) is 20.2 Å². The molecule has 2 rings (SSSR count). The van der Waals surface area contributed by atoms with Gasteiger partial charge in [0.25, 0.3) is 0 Å². The van der Waals surface area contributed by atoms with Crippen LogP contribution in [0, 0.1) is 5.92 Å². The van der Waals surface area contributed by atoms with E-state index in [0.717, 1.165) is 24.0 Å². The molecule has 4 nitrogen and oxygen atoms in total. The van der Waals surface area contributed by atoms with E-state index in [0.29, 0.717) is 5.15 Å². The molecule has 1 aromatic heterocycles. The number of anilines is 2. The summed E-state index contributed by atoms with van der Waals surface area (Å²) in [5.41, 5.74) is 0.808. The smallest absolute Gasteiger partial charge is 0.157 e. The lowest BCUT2D eigenvalue weighted by atomic mass is 10.3. The Bertz CT molecular complexity index is 365. The number of nitrogens with zero attached hydrogens (tertiary/aromatic N) is 3. The molecule has 1 aliphatic rings. The molecule has 0 aromatic carbocycles. The Kier molecular flexibility index (Phi) is 3.49. The summed E-state index contributed by atoms with van der Waals surface area (Å²) >= 11 is 6.01. The van der Waals surface area contributed by atoms with Crippen LogP contribution in [-0.4, -0.2) is 30.6 Å². The summed E-state index contributed by atoms with van der Waals surface area (Å²) in [6, 6.07) is 0. The van der Waals surface area contributed by atoms with Gasteiger partial charge in [0.2, 0.25) is 0 Å². The quantitative estimate of drug-likeness (QED) is 0.803. The molecule has 1 aromatic rings. The topological polar surface area (TPSA) is 41.1 Å². The summed E-state index contributed by atoms with van der Waals surface area (Å²) in [5, 5.41) is 3.53. The lowest BCUT2D eigenvalue weighted by Crippen LogP contribution is -2.21. The maximum atomic E-state index is 6.01. The maximum absolute atomic E-state index is 6.01. The average molecular weight is 241 g/mol. The fourth-order valence-corrected chi connectivity index (χ4v) is 1.97. The molecule has 1 aliphatic carbocycles. The van der Waals surface area contributed by atoms with E-state index < -0.39 is 0 Å². The van der Waals surface area contributed by atoms with Crippen molar-refractivity contribution in [2.75, 3.05) is 30.9 Å². The first-order chi connectivity index (χ1) is 7.72. The molecule has 1 heterocycles. The zero-order valence-corrected chi connectivity index (χ0v) is 10.5. The van der Waals surface area contributed by atoms with Crippen LogP contribution in [0.25, 0.3) is 0 Å². The van der Waals surface area contributed by atoms with Crippen LogP contribution in [0.3, 0.4) is 0 Å². The molecular weight excluding hydrogens is 224 g/mol. The molecule has 16 heavy (non-hydrogen) atoms. The van der Waals surface area contributed by atoms with Crippen molar-refractivity contribution >= 4 is 23.1 Å². The highest BCUT2D eigenvalue weighted by molar-refractivity contribution is 6.32. The van der Waals surface area contributed by atoms with E-state index in [4.69, 9.17) is 11.6 Å². The Hall–Kier alpha value is -1.03. The van der Waals surface area contributed by atoms with Crippen molar-refractivity contribution < 1.29 is 0 Å². The largest absolute Gasteiger partial charge is 0.383 e. The molecule has 0 saturated heterocycles. The lowest BCUT2D eigenvalue weighted by molar-refractivity contribution is 0.706. The SMILES string of the molecule is CNc1c(Cl)ncnc1N(C)CCC1CC1. The number of hydrogen-bond acceptors (Lipinski definition) is 4. The lowest BCUT2D eigenvalue weighted by Gasteiger charge is -2.20. The molecule has 0 bridgehead atoms. The number of nitrogens with one attached hydrogen (secondary N) is 1. The van der Waals surface area contributed by atoms with Crippen LogP contribution in [0.1, 0.15) is 19.3 Å². The summed E-state index contributed by atoms with van der Waals surface area (Å²) in [4.78, 5) is 10.4. The second-order valence-corrected chi connectivity index (χ2v) is 4.62. The fourth-order valence-electron chi connectivity index (χ4n) is 1.75. The van der Waals surface area contributed by atoms with Gasteiger partial charge in [-0.3, -0.25) is 0 Å². The molecule has 0 radical (unpaired) electrons. The Morgan fingerprint density at radius 1 is 1.50 bits per heavy atom. The van der Waals surface area contributed by atoms with Crippen molar-refractivity contribution in [2.24, 2.45) is 5.92 Å². The second kappa shape index (κ2) is 4.87. The first kappa shape index (κ1) is 11.5. The number of halogens is 1. The van der Waals surface area contributed by atoms with E-state index in [-0.39, 0.29) is 0 Å². The minimum atomic E-state index is 0.478. The molecule has 5 heteroatoms. The van der Waals surface area contributed by atoms with E-state index in [1.165, 1.54) is 25.6 Å². The third-order valence-corrected chi connectivity index (χ3v) is 3.25. The van der Waals surface area contributed by atoms with Gasteiger partial charge in [-0.1, -0.05) is 24.4 Å². The van der Waals surface area contributed by atoms with Gasteiger partial charge in [-0.25, -0.2) is 9.97 Å². The molecule has 1 saturated carbocycles. The van der Waals surface area contributed by atoms with Gasteiger partial charge in [-0.15, -0.1) is 0 Å². The van der Waals surface area contributed by atoms with Crippen LogP contribution in [0.2, 0.25) is 5.15 Å². The Morgan fingerprint density at radius 2 is 2.25 bits per heavy atom. The van der Waals surface area contributed by atoms with Crippen LogP contribution >= 0.6 is 11.6 Å². The Balaban J connectivity index is 2.07. The molecular formula is C11H17ClN4. The standard InChI is InChI=1S/C11H17ClN4/c1-13-9-10(12)14-7-15-11(9)16(2)6-5-8-3-4-8/h7-8,13H,3-6H2,1-2H3. The summed E-state index contributed by atoms with van der Waals surface area (Å²) in [6.07, 6.45) is 5.52. The minimum Gasteiger partial charge on any atom is -0.383 e. The van der Waals surface area contributed by atoms with Gasteiger partial charge < -0.3 is 10.2 Å². The minimum absolute atomic E-state index is 0.478. The van der Waals surface area contributed by atoms with Crippen LogP contribution in [0.15, 0.2) is 6.33 Å². The van der Waals surface area contributed by atoms with Crippen LogP contribution in [-0.2, 0) is 0 Å². The van der Waals surface area contributed by atoms with Crippen LogP contribution in [0.4, 0.5) is 11.5 Å². The normalized spacial score (nSPS) is 14.9. The van der Waals surface area contributed by atoms with Gasteiger partial charge in [0, 0.05) is 20.6 Å². The molecule has 0 atom stereocenters. The third-order valence-electron chi connectivity index (χ3n) is 2.96. The molecule has 1 N–H and O–H groups in total. The van der Waals surface area contributed by atoms with Crippen molar-refractivity contribution in [3.63, 3.8) is 0 Å². The van der Waals surface area contributed by atoms with Crippen molar-refractivity contribution in [1.82, 2.24) is 9.97 Å². The van der Waals surface area contributed by atoms with E-state index in [1.807, 2.05) is 14.1 Å². The third kappa shape index (κ3) is 2.55. The van der Waals surface area contributed by atoms with Crippen LogP contribution < -0.4 is 10.2 Å². The predicted molar refractivity (Wildman–Crippen MR) is 67.2 cm³/mol. The zero-order valence-electron chi connectivity index (χ0n) is 9.70. The van der Waals surface area contributed by atoms with Gasteiger partial charge >= 0.3 is 0 Å². The zero-order chi connectivity index (χ0) is 11.5. The highest BCUT2D eigenvalue weighted by Gasteiger charge is 2.22. The number of hydrogen-bond donors (Lipinski definition) is 1. The molecule has 0 unspecified atom stereocenters. The average Bonchev–Trinajstić information content (AvgIpc) is 3.09. The first-order valence-electron chi connectivity index (χ1n) is 5.61. The summed E-state index contributed by atoms with van der Waals surface area (Å²) in [6.45, 7) is 1.02. The highest BCUT2D eigenvalue weighted by atomic mass is 35.5. The van der Waals surface area contributed by atoms with Gasteiger partial charge in [0.1, 0.15) is 12.0 Å². The first-order valence-corrected chi connectivity index (χ1v) is 5.99. The second-order valence-electron chi connectivity index (χ2n) is 4.27. The van der Waals surface area contributed by atoms with Crippen molar-refractivity contribution in [1.29, 1.82) is 0 Å². The number of rotatable bonds is 5. The molecule has 0 spiro atoms. The Labute approximate surface area is 101 Å².